The van der Waals surface area contributed by atoms with Crippen molar-refractivity contribution in [2.45, 2.75) is 0 Å². The van der Waals surface area contributed by atoms with Crippen molar-refractivity contribution in [1.82, 2.24) is 14.6 Å². The molecule has 0 bridgehead atoms. The minimum absolute atomic E-state index is 0.172. The number of thiophene rings is 1. The predicted molar refractivity (Wildman–Crippen MR) is 102 cm³/mol. The third kappa shape index (κ3) is 3.11. The fraction of sp³-hybridized carbons (Fsp3) is 0.0556. The van der Waals surface area contributed by atoms with Gasteiger partial charge in [-0.25, -0.2) is 0 Å². The van der Waals surface area contributed by atoms with Crippen molar-refractivity contribution in [2.75, 3.05) is 7.11 Å². The summed E-state index contributed by atoms with van der Waals surface area (Å²) in [4.78, 5) is 18.7. The smallest absolute Gasteiger partial charge is 0.291 e. The van der Waals surface area contributed by atoms with Gasteiger partial charge in [0.25, 0.3) is 5.56 Å². The van der Waals surface area contributed by atoms with Gasteiger partial charge in [0, 0.05) is 10.4 Å². The summed E-state index contributed by atoms with van der Waals surface area (Å²) in [6.07, 6.45) is 5.56. The van der Waals surface area contributed by atoms with Crippen LogP contribution in [0.25, 0.3) is 23.2 Å². The Bertz CT molecular complexity index is 1160. The lowest BCUT2D eigenvalue weighted by molar-refractivity contribution is 0.414. The van der Waals surface area contributed by atoms with Crippen molar-refractivity contribution >= 4 is 45.9 Å². The molecule has 0 unspecified atom stereocenters. The molecule has 0 aliphatic carbocycles. The first-order valence-corrected chi connectivity index (χ1v) is 9.20. The molecule has 0 N–H and O–H groups in total. The Labute approximate surface area is 151 Å². The van der Waals surface area contributed by atoms with Gasteiger partial charge < -0.3 is 4.74 Å². The third-order valence-electron chi connectivity index (χ3n) is 3.56. The number of rotatable bonds is 4. The number of para-hydroxylation sites is 1. The lowest BCUT2D eigenvalue weighted by Crippen LogP contribution is -2.23. The average molecular weight is 367 g/mol. The molecule has 0 fully saturated rings. The van der Waals surface area contributed by atoms with Crippen LogP contribution < -0.4 is 14.8 Å². The first-order valence-electron chi connectivity index (χ1n) is 7.50. The van der Waals surface area contributed by atoms with Crippen LogP contribution in [0.15, 0.2) is 46.6 Å². The van der Waals surface area contributed by atoms with Crippen molar-refractivity contribution in [3.8, 4) is 5.75 Å². The van der Waals surface area contributed by atoms with Crippen molar-refractivity contribution in [1.29, 1.82) is 0 Å². The molecule has 4 aromatic rings. The average Bonchev–Trinajstić information content (AvgIpc) is 3.33. The summed E-state index contributed by atoms with van der Waals surface area (Å²) in [6.45, 7) is 0. The Kier molecular flexibility index (Phi) is 4.17. The number of thiazole rings is 1. The highest BCUT2D eigenvalue weighted by molar-refractivity contribution is 7.15. The number of methoxy groups -OCH3 is 1. The molecule has 0 aliphatic heterocycles. The Morgan fingerprint density at radius 3 is 2.80 bits per heavy atom. The molecule has 124 valence electrons. The molecule has 0 atom stereocenters. The molecule has 5 nitrogen and oxygen atoms in total. The van der Waals surface area contributed by atoms with Crippen LogP contribution >= 0.6 is 22.7 Å². The van der Waals surface area contributed by atoms with Crippen LogP contribution in [0.4, 0.5) is 0 Å². The summed E-state index contributed by atoms with van der Waals surface area (Å²) in [6, 6.07) is 11.6. The highest BCUT2D eigenvalue weighted by Gasteiger charge is 2.09. The van der Waals surface area contributed by atoms with E-state index in [1.54, 1.807) is 18.4 Å². The van der Waals surface area contributed by atoms with Gasteiger partial charge in [0.05, 0.1) is 11.6 Å². The first kappa shape index (κ1) is 15.7. The van der Waals surface area contributed by atoms with Gasteiger partial charge in [0.1, 0.15) is 5.75 Å². The number of hydrogen-bond acceptors (Lipinski definition) is 6. The van der Waals surface area contributed by atoms with Crippen molar-refractivity contribution in [3.63, 3.8) is 0 Å². The van der Waals surface area contributed by atoms with E-state index in [0.29, 0.717) is 15.3 Å². The van der Waals surface area contributed by atoms with Crippen LogP contribution in [-0.4, -0.2) is 21.7 Å². The van der Waals surface area contributed by atoms with Crippen LogP contribution in [-0.2, 0) is 0 Å². The van der Waals surface area contributed by atoms with Gasteiger partial charge in [-0.3, -0.25) is 4.79 Å². The van der Waals surface area contributed by atoms with Gasteiger partial charge in [0.15, 0.2) is 5.82 Å². The lowest BCUT2D eigenvalue weighted by Gasteiger charge is -2.02. The zero-order valence-electron chi connectivity index (χ0n) is 13.2. The molecule has 0 saturated carbocycles. The van der Waals surface area contributed by atoms with Gasteiger partial charge in [0.2, 0.25) is 4.96 Å². The van der Waals surface area contributed by atoms with Gasteiger partial charge in [-0.2, -0.15) is 9.50 Å². The molecular formula is C18H13N3O2S2. The van der Waals surface area contributed by atoms with Crippen LogP contribution in [0.5, 0.6) is 5.75 Å². The van der Waals surface area contributed by atoms with Crippen molar-refractivity contribution < 1.29 is 4.74 Å². The summed E-state index contributed by atoms with van der Waals surface area (Å²) in [5.41, 5.74) is 0.679. The molecule has 25 heavy (non-hydrogen) atoms. The Morgan fingerprint density at radius 1 is 1.16 bits per heavy atom. The Balaban J connectivity index is 1.73. The maximum Gasteiger partial charge on any atom is 0.291 e. The van der Waals surface area contributed by atoms with Crippen LogP contribution in [0.3, 0.4) is 0 Å². The summed E-state index contributed by atoms with van der Waals surface area (Å²) in [7, 11) is 1.61. The summed E-state index contributed by atoms with van der Waals surface area (Å²) < 4.78 is 7.25. The van der Waals surface area contributed by atoms with Gasteiger partial charge in [-0.15, -0.1) is 16.4 Å². The second kappa shape index (κ2) is 6.62. The first-order chi connectivity index (χ1) is 12.2. The van der Waals surface area contributed by atoms with Gasteiger partial charge in [-0.05, 0) is 35.7 Å². The maximum absolute atomic E-state index is 12.6. The van der Waals surface area contributed by atoms with Crippen molar-refractivity contribution in [3.05, 3.63) is 72.9 Å². The van der Waals surface area contributed by atoms with E-state index in [0.717, 1.165) is 16.2 Å². The van der Waals surface area contributed by atoms with E-state index in [1.807, 2.05) is 60.0 Å². The topological polar surface area (TPSA) is 56.5 Å². The number of aromatic nitrogens is 3. The molecule has 4 rings (SSSR count). The van der Waals surface area contributed by atoms with E-state index >= 15 is 0 Å². The zero-order chi connectivity index (χ0) is 17.2. The third-order valence-corrected chi connectivity index (χ3v) is 5.36. The molecular weight excluding hydrogens is 354 g/mol. The van der Waals surface area contributed by atoms with E-state index < -0.39 is 0 Å². The largest absolute Gasteiger partial charge is 0.496 e. The van der Waals surface area contributed by atoms with E-state index in [-0.39, 0.29) is 5.56 Å². The highest BCUT2D eigenvalue weighted by Crippen LogP contribution is 2.18. The fourth-order valence-corrected chi connectivity index (χ4v) is 3.91. The SMILES string of the molecule is COc1ccccc1/C=c1\sc2nc(/C=C/c3cccs3)nn2c1=O. The number of benzene rings is 1. The number of ether oxygens (including phenoxy) is 1. The second-order valence-electron chi connectivity index (χ2n) is 5.17. The van der Waals surface area contributed by atoms with Crippen LogP contribution in [0.1, 0.15) is 16.3 Å². The summed E-state index contributed by atoms with van der Waals surface area (Å²) in [5, 5.41) is 6.30. The zero-order valence-corrected chi connectivity index (χ0v) is 14.9. The lowest BCUT2D eigenvalue weighted by atomic mass is 10.2. The predicted octanol–water partition coefficient (Wildman–Crippen LogP) is 2.94. The molecule has 3 heterocycles. The maximum atomic E-state index is 12.6. The minimum atomic E-state index is -0.172. The monoisotopic (exact) mass is 367 g/mol. The van der Waals surface area contributed by atoms with Crippen LogP contribution in [0.2, 0.25) is 0 Å². The molecule has 0 saturated heterocycles. The van der Waals surface area contributed by atoms with Crippen LogP contribution in [0, 0.1) is 0 Å². The number of fused-ring (bicyclic) bond motifs is 1. The molecule has 0 aliphatic rings. The molecule has 7 heteroatoms. The van der Waals surface area contributed by atoms with Crippen molar-refractivity contribution in [2.24, 2.45) is 0 Å². The van der Waals surface area contributed by atoms with E-state index in [4.69, 9.17) is 4.74 Å². The van der Waals surface area contributed by atoms with E-state index in [2.05, 4.69) is 10.1 Å². The van der Waals surface area contributed by atoms with E-state index in [9.17, 15) is 4.79 Å². The second-order valence-corrected chi connectivity index (χ2v) is 7.16. The highest BCUT2D eigenvalue weighted by atomic mass is 32.1. The standard InChI is InChI=1S/C18H13N3O2S2/c1-23-14-7-3-2-5-12(14)11-15-17(22)21-18(25-15)19-16(20-21)9-8-13-6-4-10-24-13/h2-11H,1H3/b9-8+,15-11-. The summed E-state index contributed by atoms with van der Waals surface area (Å²) >= 11 is 2.95. The fourth-order valence-electron chi connectivity index (χ4n) is 2.39. The van der Waals surface area contributed by atoms with E-state index in [1.165, 1.54) is 15.9 Å². The molecule has 0 amide bonds. The van der Waals surface area contributed by atoms with Gasteiger partial charge in [-0.1, -0.05) is 35.6 Å². The quantitative estimate of drug-likeness (QED) is 0.556. The molecule has 0 spiro atoms. The minimum Gasteiger partial charge on any atom is -0.496 e. The number of hydrogen-bond donors (Lipinski definition) is 0. The Hall–Kier alpha value is -2.77. The Morgan fingerprint density at radius 2 is 2.04 bits per heavy atom. The molecule has 3 aromatic heterocycles. The normalized spacial score (nSPS) is 12.4. The summed E-state index contributed by atoms with van der Waals surface area (Å²) in [5.74, 6) is 1.25. The van der Waals surface area contributed by atoms with Gasteiger partial charge >= 0.3 is 0 Å². The molecule has 0 radical (unpaired) electrons. The number of nitrogens with zero attached hydrogens (tertiary/aromatic N) is 3. The molecule has 1 aromatic carbocycles.